The molecule has 0 aliphatic carbocycles. The molecule has 1 atom stereocenters. The van der Waals surface area contributed by atoms with E-state index in [2.05, 4.69) is 0 Å². The molecule has 0 bridgehead atoms. The van der Waals surface area contributed by atoms with Crippen LogP contribution < -0.4 is 4.74 Å². The molecule has 1 amide bonds. The Hall–Kier alpha value is -1.34. The van der Waals surface area contributed by atoms with Crippen LogP contribution in [0.3, 0.4) is 0 Å². The van der Waals surface area contributed by atoms with Crippen LogP contribution in [0.5, 0.6) is 5.75 Å². The Morgan fingerprint density at radius 3 is 2.76 bits per heavy atom. The highest BCUT2D eigenvalue weighted by Gasteiger charge is 2.41. The van der Waals surface area contributed by atoms with Gasteiger partial charge in [-0.05, 0) is 51.3 Å². The number of benzene rings is 1. The van der Waals surface area contributed by atoms with Crippen LogP contribution in [0.4, 0.5) is 0 Å². The molecule has 2 saturated heterocycles. The molecule has 1 unspecified atom stereocenters. The summed E-state index contributed by atoms with van der Waals surface area (Å²) in [7, 11) is 1.56. The van der Waals surface area contributed by atoms with Crippen molar-refractivity contribution >= 4 is 17.5 Å². The first-order valence-corrected chi connectivity index (χ1v) is 10.8. The predicted octanol–water partition coefficient (Wildman–Crippen LogP) is 3.94. The summed E-state index contributed by atoms with van der Waals surface area (Å²) in [6.45, 7) is 7.28. The highest BCUT2D eigenvalue weighted by atomic mass is 35.5. The van der Waals surface area contributed by atoms with E-state index < -0.39 is 0 Å². The number of halogens is 1. The quantitative estimate of drug-likeness (QED) is 0.619. The van der Waals surface area contributed by atoms with Gasteiger partial charge in [0.2, 0.25) is 0 Å². The number of hydrogen-bond donors (Lipinski definition) is 0. The summed E-state index contributed by atoms with van der Waals surface area (Å²) in [5.41, 5.74) is 0.309. The van der Waals surface area contributed by atoms with Crippen molar-refractivity contribution in [2.24, 2.45) is 0 Å². The zero-order valence-electron chi connectivity index (χ0n) is 17.6. The lowest BCUT2D eigenvalue weighted by molar-refractivity contribution is -0.156. The summed E-state index contributed by atoms with van der Waals surface area (Å²) in [4.78, 5) is 14.9. The van der Waals surface area contributed by atoms with Gasteiger partial charge in [0, 0.05) is 31.1 Å². The zero-order valence-corrected chi connectivity index (χ0v) is 18.4. The average Bonchev–Trinajstić information content (AvgIpc) is 2.71. The Morgan fingerprint density at radius 1 is 1.31 bits per heavy atom. The molecule has 1 spiro atoms. The molecule has 2 aliphatic rings. The summed E-state index contributed by atoms with van der Waals surface area (Å²) in [6.07, 6.45) is 3.81. The van der Waals surface area contributed by atoms with Gasteiger partial charge in [-0.3, -0.25) is 4.79 Å². The van der Waals surface area contributed by atoms with Crippen LogP contribution in [-0.4, -0.2) is 68.6 Å². The maximum atomic E-state index is 13.0. The second kappa shape index (κ2) is 10.1. The van der Waals surface area contributed by atoms with Crippen LogP contribution >= 0.6 is 11.6 Å². The van der Waals surface area contributed by atoms with Crippen LogP contribution in [0.25, 0.3) is 0 Å². The molecule has 0 N–H and O–H groups in total. The van der Waals surface area contributed by atoms with Crippen LogP contribution in [0.15, 0.2) is 18.2 Å². The number of piperidine rings is 1. The minimum Gasteiger partial charge on any atom is -0.496 e. The molecular weight excluding hydrogens is 394 g/mol. The van der Waals surface area contributed by atoms with Crippen molar-refractivity contribution in [3.05, 3.63) is 28.8 Å². The van der Waals surface area contributed by atoms with Gasteiger partial charge in [0.05, 0.1) is 43.7 Å². The lowest BCUT2D eigenvalue weighted by Crippen LogP contribution is -2.52. The third-order valence-electron chi connectivity index (χ3n) is 5.69. The van der Waals surface area contributed by atoms with Crippen LogP contribution in [0, 0.1) is 0 Å². The Balaban J connectivity index is 1.54. The molecule has 162 valence electrons. The van der Waals surface area contributed by atoms with E-state index in [1.54, 1.807) is 25.3 Å². The SMILES string of the molecule is COc1ccc(Cl)cc1C(=O)N1CCC2(CC1)CC(OCCOC(C)C)CCO2. The highest BCUT2D eigenvalue weighted by Crippen LogP contribution is 2.37. The van der Waals surface area contributed by atoms with Gasteiger partial charge in [0.1, 0.15) is 5.75 Å². The van der Waals surface area contributed by atoms with Crippen LogP contribution in [0.1, 0.15) is 49.9 Å². The third kappa shape index (κ3) is 5.85. The van der Waals surface area contributed by atoms with E-state index in [0.29, 0.717) is 49.2 Å². The smallest absolute Gasteiger partial charge is 0.257 e. The molecule has 1 aromatic rings. The number of carbonyl (C=O) groups excluding carboxylic acids is 1. The number of carbonyl (C=O) groups is 1. The highest BCUT2D eigenvalue weighted by molar-refractivity contribution is 6.31. The third-order valence-corrected chi connectivity index (χ3v) is 5.92. The fourth-order valence-corrected chi connectivity index (χ4v) is 4.28. The molecule has 0 aromatic heterocycles. The lowest BCUT2D eigenvalue weighted by Gasteiger charge is -2.46. The minimum atomic E-state index is -0.197. The van der Waals surface area contributed by atoms with Gasteiger partial charge >= 0.3 is 0 Å². The largest absolute Gasteiger partial charge is 0.496 e. The molecule has 2 heterocycles. The normalized spacial score (nSPS) is 21.6. The maximum absolute atomic E-state index is 13.0. The number of nitrogens with zero attached hydrogens (tertiary/aromatic N) is 1. The number of likely N-dealkylation sites (tertiary alicyclic amines) is 1. The lowest BCUT2D eigenvalue weighted by atomic mass is 9.83. The van der Waals surface area contributed by atoms with E-state index in [0.717, 1.165) is 25.7 Å². The minimum absolute atomic E-state index is 0.0476. The first-order chi connectivity index (χ1) is 13.9. The van der Waals surface area contributed by atoms with Gasteiger partial charge in [-0.25, -0.2) is 0 Å². The second-order valence-corrected chi connectivity index (χ2v) is 8.51. The Morgan fingerprint density at radius 2 is 2.07 bits per heavy atom. The molecule has 2 aliphatic heterocycles. The Bertz CT molecular complexity index is 688. The summed E-state index contributed by atoms with van der Waals surface area (Å²) in [6, 6.07) is 5.13. The van der Waals surface area contributed by atoms with Gasteiger partial charge in [-0.1, -0.05) is 11.6 Å². The van der Waals surface area contributed by atoms with Crippen molar-refractivity contribution in [1.82, 2.24) is 4.90 Å². The predicted molar refractivity (Wildman–Crippen MR) is 112 cm³/mol. The molecule has 7 heteroatoms. The topological polar surface area (TPSA) is 57.2 Å². The average molecular weight is 426 g/mol. The van der Waals surface area contributed by atoms with E-state index in [1.807, 2.05) is 18.7 Å². The number of methoxy groups -OCH3 is 1. The van der Waals surface area contributed by atoms with Crippen molar-refractivity contribution in [1.29, 1.82) is 0 Å². The molecule has 0 saturated carbocycles. The summed E-state index contributed by atoms with van der Waals surface area (Å²) < 4.78 is 23.1. The van der Waals surface area contributed by atoms with Crippen LogP contribution in [-0.2, 0) is 14.2 Å². The fourth-order valence-electron chi connectivity index (χ4n) is 4.11. The summed E-state index contributed by atoms with van der Waals surface area (Å²) in [5.74, 6) is 0.499. The second-order valence-electron chi connectivity index (χ2n) is 8.07. The van der Waals surface area contributed by atoms with E-state index >= 15 is 0 Å². The van der Waals surface area contributed by atoms with Gasteiger partial charge in [0.25, 0.3) is 5.91 Å². The molecule has 3 rings (SSSR count). The van der Waals surface area contributed by atoms with Crippen molar-refractivity contribution in [3.8, 4) is 5.75 Å². The van der Waals surface area contributed by atoms with Gasteiger partial charge < -0.3 is 23.8 Å². The number of ether oxygens (including phenoxy) is 4. The number of amides is 1. The molecule has 6 nitrogen and oxygen atoms in total. The van der Waals surface area contributed by atoms with E-state index in [9.17, 15) is 4.79 Å². The molecule has 1 aromatic carbocycles. The van der Waals surface area contributed by atoms with E-state index in [-0.39, 0.29) is 23.7 Å². The van der Waals surface area contributed by atoms with E-state index in [1.165, 1.54) is 0 Å². The molecular formula is C22H32ClNO5. The Kier molecular flexibility index (Phi) is 7.79. The van der Waals surface area contributed by atoms with E-state index in [4.69, 9.17) is 30.5 Å². The van der Waals surface area contributed by atoms with Crippen LogP contribution in [0.2, 0.25) is 5.02 Å². The fraction of sp³-hybridized carbons (Fsp3) is 0.682. The number of rotatable bonds is 7. The van der Waals surface area contributed by atoms with Gasteiger partial charge in [-0.2, -0.15) is 0 Å². The van der Waals surface area contributed by atoms with Gasteiger partial charge in [-0.15, -0.1) is 0 Å². The van der Waals surface area contributed by atoms with Crippen molar-refractivity contribution in [3.63, 3.8) is 0 Å². The maximum Gasteiger partial charge on any atom is 0.257 e. The summed E-state index contributed by atoms with van der Waals surface area (Å²) in [5, 5.41) is 0.527. The zero-order chi connectivity index (χ0) is 20.9. The standard InChI is InChI=1S/C22H32ClNO5/c1-16(2)27-12-13-28-18-6-11-29-22(15-18)7-9-24(10-8-22)21(25)19-14-17(23)4-5-20(19)26-3/h4-5,14,16,18H,6-13,15H2,1-3H3. The van der Waals surface area contributed by atoms with Gasteiger partial charge in [0.15, 0.2) is 0 Å². The molecule has 29 heavy (non-hydrogen) atoms. The van der Waals surface area contributed by atoms with Crippen molar-refractivity contribution in [2.45, 2.75) is 57.3 Å². The molecule has 0 radical (unpaired) electrons. The van der Waals surface area contributed by atoms with Crippen molar-refractivity contribution in [2.75, 3.05) is 40.0 Å². The monoisotopic (exact) mass is 425 g/mol. The van der Waals surface area contributed by atoms with Crippen molar-refractivity contribution < 1.29 is 23.7 Å². The summed E-state index contributed by atoms with van der Waals surface area (Å²) >= 11 is 6.09. The first-order valence-electron chi connectivity index (χ1n) is 10.4. The Labute approximate surface area is 178 Å². The first kappa shape index (κ1) is 22.3. The molecule has 2 fully saturated rings. The number of hydrogen-bond acceptors (Lipinski definition) is 5.